The standard InChI is InChI=1S/C15H19NO5S/c1-11(17)12-6-8-13(9-7-12)22(19,20)16-10-4-3-5-14(16)15(18)21-2/h6-9,14H,3-5,10H2,1-2H3/t14-/m0/s1. The molecule has 0 amide bonds. The van der Waals surface area contributed by atoms with Gasteiger partial charge in [0.1, 0.15) is 6.04 Å². The number of hydrogen-bond acceptors (Lipinski definition) is 5. The van der Waals surface area contributed by atoms with Crippen molar-refractivity contribution in [3.63, 3.8) is 0 Å². The second-order valence-corrected chi connectivity index (χ2v) is 7.12. The van der Waals surface area contributed by atoms with Crippen LogP contribution in [-0.2, 0) is 19.6 Å². The smallest absolute Gasteiger partial charge is 0.324 e. The lowest BCUT2D eigenvalue weighted by Crippen LogP contribution is -2.48. The van der Waals surface area contributed by atoms with Crippen molar-refractivity contribution in [2.75, 3.05) is 13.7 Å². The van der Waals surface area contributed by atoms with E-state index in [-0.39, 0.29) is 17.2 Å². The molecule has 2 rings (SSSR count). The van der Waals surface area contributed by atoms with Gasteiger partial charge in [0.2, 0.25) is 10.0 Å². The number of rotatable bonds is 4. The SMILES string of the molecule is COC(=O)[C@@H]1CCCCN1S(=O)(=O)c1ccc(C(C)=O)cc1. The molecule has 7 heteroatoms. The Morgan fingerprint density at radius 3 is 2.36 bits per heavy atom. The third-order valence-corrected chi connectivity index (χ3v) is 5.72. The molecule has 0 saturated carbocycles. The maximum atomic E-state index is 12.7. The van der Waals surface area contributed by atoms with E-state index in [1.807, 2.05) is 0 Å². The molecule has 0 aliphatic carbocycles. The number of esters is 1. The van der Waals surface area contributed by atoms with E-state index in [0.29, 0.717) is 18.4 Å². The number of hydrogen-bond donors (Lipinski definition) is 0. The summed E-state index contributed by atoms with van der Waals surface area (Å²) in [6.45, 7) is 1.71. The Hall–Kier alpha value is -1.73. The molecular formula is C15H19NO5S. The van der Waals surface area contributed by atoms with Gasteiger partial charge in [0.05, 0.1) is 12.0 Å². The number of piperidine rings is 1. The van der Waals surface area contributed by atoms with Crippen molar-refractivity contribution in [3.8, 4) is 0 Å². The van der Waals surface area contributed by atoms with Crippen LogP contribution in [-0.4, -0.2) is 44.2 Å². The average molecular weight is 325 g/mol. The molecule has 120 valence electrons. The van der Waals surface area contributed by atoms with Crippen molar-refractivity contribution in [2.45, 2.75) is 37.1 Å². The van der Waals surface area contributed by atoms with Crippen molar-refractivity contribution in [1.29, 1.82) is 0 Å². The van der Waals surface area contributed by atoms with Gasteiger partial charge in [0.15, 0.2) is 5.78 Å². The van der Waals surface area contributed by atoms with Crippen molar-refractivity contribution in [2.24, 2.45) is 0 Å². The zero-order valence-corrected chi connectivity index (χ0v) is 13.4. The molecular weight excluding hydrogens is 306 g/mol. The van der Waals surface area contributed by atoms with Crippen LogP contribution in [0.4, 0.5) is 0 Å². The third-order valence-electron chi connectivity index (χ3n) is 3.79. The fraction of sp³-hybridized carbons (Fsp3) is 0.467. The van der Waals surface area contributed by atoms with E-state index in [1.54, 1.807) is 0 Å². The van der Waals surface area contributed by atoms with Crippen molar-refractivity contribution in [1.82, 2.24) is 4.31 Å². The van der Waals surface area contributed by atoms with Crippen molar-refractivity contribution in [3.05, 3.63) is 29.8 Å². The molecule has 1 atom stereocenters. The molecule has 0 radical (unpaired) electrons. The molecule has 1 aromatic carbocycles. The van der Waals surface area contributed by atoms with E-state index < -0.39 is 22.0 Å². The molecule has 1 aliphatic heterocycles. The summed E-state index contributed by atoms with van der Waals surface area (Å²) in [5.74, 6) is -0.669. The topological polar surface area (TPSA) is 80.8 Å². The molecule has 22 heavy (non-hydrogen) atoms. The van der Waals surface area contributed by atoms with Gasteiger partial charge in [-0.1, -0.05) is 12.1 Å². The number of Topliss-reactive ketones (excluding diaryl/α,β-unsaturated/α-hetero) is 1. The quantitative estimate of drug-likeness (QED) is 0.620. The van der Waals surface area contributed by atoms with E-state index in [2.05, 4.69) is 0 Å². The summed E-state index contributed by atoms with van der Waals surface area (Å²) in [6, 6.07) is 4.97. The van der Waals surface area contributed by atoms with Gasteiger partial charge in [-0.25, -0.2) is 8.42 Å². The van der Waals surface area contributed by atoms with Gasteiger partial charge < -0.3 is 4.74 Å². The Labute approximate surface area is 130 Å². The average Bonchev–Trinajstić information content (AvgIpc) is 2.54. The Kier molecular flexibility index (Phi) is 4.97. The van der Waals surface area contributed by atoms with Crippen LogP contribution in [0.1, 0.15) is 36.5 Å². The Morgan fingerprint density at radius 2 is 1.82 bits per heavy atom. The molecule has 0 spiro atoms. The predicted octanol–water partition coefficient (Wildman–Crippen LogP) is 1.61. The predicted molar refractivity (Wildman–Crippen MR) is 80.0 cm³/mol. The first kappa shape index (κ1) is 16.6. The number of ketones is 1. The first-order valence-corrected chi connectivity index (χ1v) is 8.52. The first-order valence-electron chi connectivity index (χ1n) is 7.08. The molecule has 1 saturated heterocycles. The van der Waals surface area contributed by atoms with E-state index in [9.17, 15) is 18.0 Å². The highest BCUT2D eigenvalue weighted by molar-refractivity contribution is 7.89. The lowest BCUT2D eigenvalue weighted by molar-refractivity contribution is -0.146. The Balaban J connectivity index is 2.34. The van der Waals surface area contributed by atoms with Crippen LogP contribution in [0.2, 0.25) is 0 Å². The number of benzene rings is 1. The summed E-state index contributed by atoms with van der Waals surface area (Å²) >= 11 is 0. The Morgan fingerprint density at radius 1 is 1.18 bits per heavy atom. The number of methoxy groups -OCH3 is 1. The largest absolute Gasteiger partial charge is 0.468 e. The molecule has 0 N–H and O–H groups in total. The molecule has 1 aromatic rings. The second kappa shape index (κ2) is 6.58. The lowest BCUT2D eigenvalue weighted by atomic mass is 10.1. The molecule has 0 unspecified atom stereocenters. The van der Waals surface area contributed by atoms with Gasteiger partial charge in [-0.2, -0.15) is 4.31 Å². The third kappa shape index (κ3) is 3.20. The molecule has 0 aromatic heterocycles. The number of nitrogens with zero attached hydrogens (tertiary/aromatic N) is 1. The Bertz CT molecular complexity index is 666. The van der Waals surface area contributed by atoms with Crippen LogP contribution < -0.4 is 0 Å². The normalized spacial score (nSPS) is 19.6. The second-order valence-electron chi connectivity index (χ2n) is 5.23. The number of sulfonamides is 1. The molecule has 6 nitrogen and oxygen atoms in total. The fourth-order valence-electron chi connectivity index (χ4n) is 2.56. The summed E-state index contributed by atoms with van der Waals surface area (Å²) in [6.07, 6.45) is 1.95. The monoisotopic (exact) mass is 325 g/mol. The maximum absolute atomic E-state index is 12.7. The molecule has 1 heterocycles. The van der Waals surface area contributed by atoms with Crippen LogP contribution in [0.25, 0.3) is 0 Å². The first-order chi connectivity index (χ1) is 10.4. The minimum atomic E-state index is -3.79. The van der Waals surface area contributed by atoms with Gasteiger partial charge in [-0.15, -0.1) is 0 Å². The van der Waals surface area contributed by atoms with E-state index in [0.717, 1.165) is 6.42 Å². The van der Waals surface area contributed by atoms with Gasteiger partial charge in [0.25, 0.3) is 0 Å². The zero-order chi connectivity index (χ0) is 16.3. The van der Waals surface area contributed by atoms with Crippen LogP contribution in [0.15, 0.2) is 29.2 Å². The summed E-state index contributed by atoms with van der Waals surface area (Å²) < 4.78 is 31.4. The highest BCUT2D eigenvalue weighted by atomic mass is 32.2. The van der Waals surface area contributed by atoms with Gasteiger partial charge in [-0.05, 0) is 38.3 Å². The van der Waals surface area contributed by atoms with Crippen LogP contribution in [0.3, 0.4) is 0 Å². The highest BCUT2D eigenvalue weighted by Gasteiger charge is 2.38. The van der Waals surface area contributed by atoms with Crippen LogP contribution >= 0.6 is 0 Å². The van der Waals surface area contributed by atoms with Crippen LogP contribution in [0, 0.1) is 0 Å². The van der Waals surface area contributed by atoms with Gasteiger partial charge in [0, 0.05) is 12.1 Å². The summed E-state index contributed by atoms with van der Waals surface area (Å²) in [4.78, 5) is 23.2. The van der Waals surface area contributed by atoms with E-state index >= 15 is 0 Å². The van der Waals surface area contributed by atoms with Gasteiger partial charge in [-0.3, -0.25) is 9.59 Å². The number of ether oxygens (including phenoxy) is 1. The van der Waals surface area contributed by atoms with E-state index in [1.165, 1.54) is 42.6 Å². The number of carbonyl (C=O) groups excluding carboxylic acids is 2. The minimum Gasteiger partial charge on any atom is -0.468 e. The maximum Gasteiger partial charge on any atom is 0.324 e. The van der Waals surface area contributed by atoms with Crippen LogP contribution in [0.5, 0.6) is 0 Å². The summed E-state index contributed by atoms with van der Waals surface area (Å²) in [5, 5.41) is 0. The summed E-state index contributed by atoms with van der Waals surface area (Å²) in [5.41, 5.74) is 0.446. The summed E-state index contributed by atoms with van der Waals surface area (Å²) in [7, 11) is -2.53. The van der Waals surface area contributed by atoms with Crippen molar-refractivity contribution >= 4 is 21.8 Å². The van der Waals surface area contributed by atoms with E-state index in [4.69, 9.17) is 4.74 Å². The minimum absolute atomic E-state index is 0.0771. The molecule has 0 bridgehead atoms. The van der Waals surface area contributed by atoms with Gasteiger partial charge >= 0.3 is 5.97 Å². The fourth-order valence-corrected chi connectivity index (χ4v) is 4.21. The zero-order valence-electron chi connectivity index (χ0n) is 12.6. The lowest BCUT2D eigenvalue weighted by Gasteiger charge is -2.32. The highest BCUT2D eigenvalue weighted by Crippen LogP contribution is 2.26. The van der Waals surface area contributed by atoms with Crippen molar-refractivity contribution < 1.29 is 22.7 Å². The number of carbonyl (C=O) groups is 2. The molecule has 1 aliphatic rings. The molecule has 1 fully saturated rings.